The maximum atomic E-state index is 14.9. The summed E-state index contributed by atoms with van der Waals surface area (Å²) in [5.41, 5.74) is -7.57. The molecule has 11 atom stereocenters. The van der Waals surface area contributed by atoms with E-state index in [1.165, 1.54) is 69.3 Å². The topological polar surface area (TPSA) is 213 Å². The third-order valence-electron chi connectivity index (χ3n) is 10.2. The van der Waals surface area contributed by atoms with Gasteiger partial charge < -0.3 is 39.0 Å². The molecule has 2 saturated carbocycles. The Balaban J connectivity index is 1.82. The first kappa shape index (κ1) is 38.5. The predicted octanol–water partition coefficient (Wildman–Crippen LogP) is 1.91. The summed E-state index contributed by atoms with van der Waals surface area (Å²) in [5.74, 6) is -9.48. The summed E-state index contributed by atoms with van der Waals surface area (Å²) < 4.78 is 28.9. The minimum atomic E-state index is -2.86. The van der Waals surface area contributed by atoms with Gasteiger partial charge in [-0.3, -0.25) is 19.2 Å². The minimum Gasteiger partial charge on any atom is -0.459 e. The van der Waals surface area contributed by atoms with Gasteiger partial charge in [-0.05, 0) is 31.2 Å². The first-order valence-corrected chi connectivity index (χ1v) is 16.7. The maximum Gasteiger partial charge on any atom is 0.338 e. The standard InChI is InChI=1S/C38H42O14/c1-18-26(50-33(44)22-14-10-8-11-15-22)24-31(48-20(3)39)37(7,47)35(46)38(24,52-21(4)40)29(42)19(2)28-32(49-28)36(5,6)30(43)25(41)27(18)51-34(45)23-16-12-9-13-17-23/h8-17,19,24-28,31-32,35,41,46-47H,1H2,2-7H3/t19-,24-,25+,26?,27-,28-,31+,32+,35-,37-,38-/m0/s1. The third-order valence-corrected chi connectivity index (χ3v) is 10.2. The summed E-state index contributed by atoms with van der Waals surface area (Å²) in [4.78, 5) is 82.1. The molecular weight excluding hydrogens is 680 g/mol. The summed E-state index contributed by atoms with van der Waals surface area (Å²) >= 11 is 0. The number of rotatable bonds is 6. The molecule has 5 rings (SSSR count). The molecule has 14 nitrogen and oxygen atoms in total. The van der Waals surface area contributed by atoms with Crippen molar-refractivity contribution in [3.8, 4) is 0 Å². The van der Waals surface area contributed by atoms with Gasteiger partial charge in [0.05, 0.1) is 34.7 Å². The number of ketones is 2. The fourth-order valence-electron chi connectivity index (χ4n) is 7.47. The van der Waals surface area contributed by atoms with Crippen LogP contribution in [0.2, 0.25) is 0 Å². The number of benzene rings is 2. The molecule has 1 aliphatic heterocycles. The van der Waals surface area contributed by atoms with Crippen LogP contribution in [0, 0.1) is 17.3 Å². The zero-order chi connectivity index (χ0) is 38.5. The van der Waals surface area contributed by atoms with Gasteiger partial charge in [0.2, 0.25) is 5.60 Å². The lowest BCUT2D eigenvalue weighted by atomic mass is 9.70. The number of carbonyl (C=O) groups is 6. The van der Waals surface area contributed by atoms with Crippen molar-refractivity contribution in [3.05, 3.63) is 83.9 Å². The lowest BCUT2D eigenvalue weighted by Crippen LogP contribution is -2.63. The van der Waals surface area contributed by atoms with Gasteiger partial charge in [-0.1, -0.05) is 63.7 Å². The fraction of sp³-hybridized carbons (Fsp3) is 0.474. The van der Waals surface area contributed by atoms with E-state index in [1.807, 2.05) is 0 Å². The van der Waals surface area contributed by atoms with Crippen molar-refractivity contribution < 1.29 is 67.8 Å². The van der Waals surface area contributed by atoms with Gasteiger partial charge in [-0.25, -0.2) is 9.59 Å². The number of aliphatic hydroxyl groups is 3. The van der Waals surface area contributed by atoms with Crippen LogP contribution >= 0.6 is 0 Å². The second-order valence-corrected chi connectivity index (χ2v) is 14.2. The summed E-state index contributed by atoms with van der Waals surface area (Å²) in [5, 5.41) is 35.8. The van der Waals surface area contributed by atoms with Crippen LogP contribution < -0.4 is 0 Å². The minimum absolute atomic E-state index is 0.000907. The van der Waals surface area contributed by atoms with Crippen molar-refractivity contribution in [1.29, 1.82) is 0 Å². The summed E-state index contributed by atoms with van der Waals surface area (Å²) in [7, 11) is 0. The number of hydrogen-bond acceptors (Lipinski definition) is 14. The highest BCUT2D eigenvalue weighted by Crippen LogP contribution is 2.55. The highest BCUT2D eigenvalue weighted by molar-refractivity contribution is 5.96. The molecular formula is C38H42O14. The van der Waals surface area contributed by atoms with E-state index in [-0.39, 0.29) is 11.1 Å². The van der Waals surface area contributed by atoms with E-state index >= 15 is 0 Å². The van der Waals surface area contributed by atoms with E-state index in [0.29, 0.717) is 0 Å². The van der Waals surface area contributed by atoms with Gasteiger partial charge in [0.1, 0.15) is 23.9 Å². The van der Waals surface area contributed by atoms with Crippen molar-refractivity contribution >= 4 is 35.4 Å². The molecule has 0 amide bonds. The van der Waals surface area contributed by atoms with Crippen molar-refractivity contribution in [2.45, 2.75) is 95.5 Å². The largest absolute Gasteiger partial charge is 0.459 e. The first-order chi connectivity index (χ1) is 24.3. The molecule has 1 unspecified atom stereocenters. The summed E-state index contributed by atoms with van der Waals surface area (Å²) in [6.07, 6.45) is -12.7. The van der Waals surface area contributed by atoms with Gasteiger partial charge in [-0.2, -0.15) is 0 Å². The van der Waals surface area contributed by atoms with Crippen LogP contribution in [0.5, 0.6) is 0 Å². The number of fused-ring (bicyclic) bond motifs is 2. The lowest BCUT2D eigenvalue weighted by Gasteiger charge is -2.43. The molecule has 0 bridgehead atoms. The summed E-state index contributed by atoms with van der Waals surface area (Å²) in [6, 6.07) is 15.0. The van der Waals surface area contributed by atoms with Gasteiger partial charge in [0.15, 0.2) is 23.8 Å². The lowest BCUT2D eigenvalue weighted by molar-refractivity contribution is -0.196. The molecule has 0 radical (unpaired) electrons. The molecule has 14 heteroatoms. The number of epoxide rings is 1. The quantitative estimate of drug-likeness (QED) is 0.168. The van der Waals surface area contributed by atoms with Crippen molar-refractivity contribution in [1.82, 2.24) is 0 Å². The Kier molecular flexibility index (Phi) is 10.4. The number of esters is 4. The molecule has 2 aromatic rings. The molecule has 0 spiro atoms. The normalized spacial score (nSPS) is 35.5. The Labute approximate surface area is 299 Å². The van der Waals surface area contributed by atoms with Crippen LogP contribution in [-0.2, 0) is 42.9 Å². The molecule has 1 heterocycles. The highest BCUT2D eigenvalue weighted by Gasteiger charge is 2.77. The van der Waals surface area contributed by atoms with Crippen molar-refractivity contribution in [3.63, 3.8) is 0 Å². The Morgan fingerprint density at radius 1 is 0.769 bits per heavy atom. The molecule has 278 valence electrons. The molecule has 3 N–H and O–H groups in total. The van der Waals surface area contributed by atoms with Crippen LogP contribution in [0.4, 0.5) is 0 Å². The Hall–Kier alpha value is -4.76. The Bertz CT molecular complexity index is 1770. The van der Waals surface area contributed by atoms with Gasteiger partial charge in [-0.15, -0.1) is 0 Å². The molecule has 2 aliphatic carbocycles. The molecule has 1 saturated heterocycles. The number of hydrogen-bond donors (Lipinski definition) is 3. The van der Waals surface area contributed by atoms with E-state index in [2.05, 4.69) is 6.58 Å². The fourth-order valence-corrected chi connectivity index (χ4v) is 7.47. The van der Waals surface area contributed by atoms with Crippen LogP contribution in [0.1, 0.15) is 62.3 Å². The molecule has 52 heavy (non-hydrogen) atoms. The monoisotopic (exact) mass is 722 g/mol. The van der Waals surface area contributed by atoms with Crippen LogP contribution in [0.3, 0.4) is 0 Å². The van der Waals surface area contributed by atoms with Crippen molar-refractivity contribution in [2.24, 2.45) is 17.3 Å². The molecule has 2 aromatic carbocycles. The van der Waals surface area contributed by atoms with Crippen LogP contribution in [-0.4, -0.2) is 105 Å². The van der Waals surface area contributed by atoms with E-state index in [0.717, 1.165) is 20.8 Å². The van der Waals surface area contributed by atoms with E-state index in [4.69, 9.17) is 23.7 Å². The van der Waals surface area contributed by atoms with E-state index in [9.17, 15) is 44.1 Å². The van der Waals surface area contributed by atoms with Gasteiger partial charge in [0, 0.05) is 25.3 Å². The van der Waals surface area contributed by atoms with Crippen molar-refractivity contribution in [2.75, 3.05) is 0 Å². The van der Waals surface area contributed by atoms with Gasteiger partial charge in [0.25, 0.3) is 0 Å². The Morgan fingerprint density at radius 3 is 1.75 bits per heavy atom. The first-order valence-electron chi connectivity index (χ1n) is 16.7. The zero-order valence-corrected chi connectivity index (χ0v) is 29.5. The average molecular weight is 723 g/mol. The maximum absolute atomic E-state index is 14.9. The van der Waals surface area contributed by atoms with Crippen LogP contribution in [0.15, 0.2) is 72.8 Å². The highest BCUT2D eigenvalue weighted by atomic mass is 16.6. The smallest absolute Gasteiger partial charge is 0.338 e. The summed E-state index contributed by atoms with van der Waals surface area (Å²) in [6.45, 7) is 11.3. The van der Waals surface area contributed by atoms with Crippen LogP contribution in [0.25, 0.3) is 0 Å². The van der Waals surface area contributed by atoms with Gasteiger partial charge >= 0.3 is 23.9 Å². The van der Waals surface area contributed by atoms with E-state index < -0.39 is 112 Å². The second-order valence-electron chi connectivity index (χ2n) is 14.2. The SMILES string of the molecule is C=C1C(OC(=O)c2ccccc2)[C@H]2[C@@H](OC(C)=O)[C@](C)(O)[C@H](O)[C@@]2(OC(C)=O)C(=O)[C@@H](C)[C@@H]2O[C@H]2C(C)(C)C(=O)[C@H](O)[C@H]1OC(=O)c1ccccc1. The molecule has 3 aliphatic rings. The third kappa shape index (κ3) is 6.55. The zero-order valence-electron chi connectivity index (χ0n) is 29.5. The van der Waals surface area contributed by atoms with E-state index in [1.54, 1.807) is 12.1 Å². The number of ether oxygens (including phenoxy) is 5. The molecule has 3 fully saturated rings. The molecule has 0 aromatic heterocycles. The number of aliphatic hydroxyl groups excluding tert-OH is 2. The predicted molar refractivity (Wildman–Crippen MR) is 178 cm³/mol. The average Bonchev–Trinajstić information content (AvgIpc) is 3.90. The number of Topliss-reactive ketones (excluding diaryl/α,β-unsaturated/α-hetero) is 2. The second kappa shape index (κ2) is 14.0. The number of carbonyl (C=O) groups excluding carboxylic acids is 6. The Morgan fingerprint density at radius 2 is 1.27 bits per heavy atom.